The van der Waals surface area contributed by atoms with E-state index in [-0.39, 0.29) is 24.2 Å². The van der Waals surface area contributed by atoms with E-state index in [9.17, 15) is 9.90 Å². The summed E-state index contributed by atoms with van der Waals surface area (Å²) >= 11 is 1.66. The van der Waals surface area contributed by atoms with Crippen molar-refractivity contribution in [2.75, 3.05) is 18.5 Å². The fourth-order valence-corrected chi connectivity index (χ4v) is 7.21. The molecule has 1 aromatic heterocycles. The minimum atomic E-state index is -0.561. The summed E-state index contributed by atoms with van der Waals surface area (Å²) in [5, 5.41) is 13.2. The molecule has 2 atom stereocenters. The number of allylic oxidation sites excluding steroid dienone is 1. The van der Waals surface area contributed by atoms with Crippen molar-refractivity contribution < 1.29 is 19.4 Å². The van der Waals surface area contributed by atoms with Gasteiger partial charge in [0, 0.05) is 30.2 Å². The highest BCUT2D eigenvalue weighted by Crippen LogP contribution is 2.43. The molecule has 2 aliphatic rings. The Morgan fingerprint density at radius 3 is 2.73 bits per heavy atom. The quantitative estimate of drug-likeness (QED) is 0.164. The third kappa shape index (κ3) is 5.78. The molecule has 0 spiro atoms. The van der Waals surface area contributed by atoms with Crippen LogP contribution in [0.5, 0.6) is 0 Å². The summed E-state index contributed by atoms with van der Waals surface area (Å²) in [4.78, 5) is 18.4. The van der Waals surface area contributed by atoms with Crippen molar-refractivity contribution in [3.8, 4) is 21.7 Å². The Morgan fingerprint density at radius 2 is 1.86 bits per heavy atom. The minimum absolute atomic E-state index is 0.0401. The van der Waals surface area contributed by atoms with Crippen LogP contribution in [0.4, 0.5) is 5.69 Å². The lowest BCUT2D eigenvalue weighted by Gasteiger charge is -2.30. The van der Waals surface area contributed by atoms with Crippen LogP contribution in [0.1, 0.15) is 47.4 Å². The predicted molar refractivity (Wildman–Crippen MR) is 176 cm³/mol. The van der Waals surface area contributed by atoms with E-state index < -0.39 is 6.29 Å². The number of benzene rings is 4. The lowest BCUT2D eigenvalue weighted by Crippen LogP contribution is -2.30. The SMILES string of the molecule is Cc1ccc2nc(-c3ccc(NC(=O)C4=CC(c5cccc6c5Cc5ccccc5-6)CC(OCCCCO)O4)cc3)sc2c1. The minimum Gasteiger partial charge on any atom is -0.459 e. The fourth-order valence-electron chi connectivity index (χ4n) is 6.14. The normalized spacial score (nSPS) is 17.1. The molecule has 1 aliphatic carbocycles. The number of anilines is 1. The number of carbonyl (C=O) groups excluding carboxylic acids is 1. The number of carbonyl (C=O) groups is 1. The number of nitrogens with zero attached hydrogens (tertiary/aromatic N) is 1. The van der Waals surface area contributed by atoms with Crippen LogP contribution < -0.4 is 5.32 Å². The molecule has 6 nitrogen and oxygen atoms in total. The maximum atomic E-state index is 13.6. The number of aliphatic hydroxyl groups excluding tert-OH is 1. The van der Waals surface area contributed by atoms with Gasteiger partial charge in [-0.05, 0) is 102 Å². The second-order valence-corrected chi connectivity index (χ2v) is 12.5. The molecular weight excluding hydrogens is 568 g/mol. The number of hydrogen-bond acceptors (Lipinski definition) is 6. The second kappa shape index (κ2) is 12.4. The largest absolute Gasteiger partial charge is 0.459 e. The highest BCUT2D eigenvalue weighted by Gasteiger charge is 2.32. The molecule has 0 radical (unpaired) electrons. The molecule has 7 rings (SSSR count). The summed E-state index contributed by atoms with van der Waals surface area (Å²) in [6, 6.07) is 29.0. The summed E-state index contributed by atoms with van der Waals surface area (Å²) in [7, 11) is 0. The Bertz CT molecular complexity index is 1860. The Morgan fingerprint density at radius 1 is 1.02 bits per heavy atom. The zero-order valence-electron chi connectivity index (χ0n) is 24.6. The number of nitrogens with one attached hydrogen (secondary N) is 1. The predicted octanol–water partition coefficient (Wildman–Crippen LogP) is 7.98. The van der Waals surface area contributed by atoms with Crippen LogP contribution in [0.15, 0.2) is 96.8 Å². The van der Waals surface area contributed by atoms with E-state index in [0.717, 1.165) is 33.6 Å². The summed E-state index contributed by atoms with van der Waals surface area (Å²) in [5.41, 5.74) is 10.3. The topological polar surface area (TPSA) is 80.7 Å². The summed E-state index contributed by atoms with van der Waals surface area (Å²) < 4.78 is 13.4. The molecule has 222 valence electrons. The number of thiazole rings is 1. The zero-order valence-corrected chi connectivity index (χ0v) is 25.4. The van der Waals surface area contributed by atoms with Gasteiger partial charge in [0.15, 0.2) is 5.76 Å². The summed E-state index contributed by atoms with van der Waals surface area (Å²) in [6.07, 6.45) is 4.25. The van der Waals surface area contributed by atoms with Gasteiger partial charge in [0.2, 0.25) is 6.29 Å². The third-order valence-corrected chi connectivity index (χ3v) is 9.42. The van der Waals surface area contributed by atoms with Gasteiger partial charge in [-0.25, -0.2) is 4.98 Å². The number of ether oxygens (including phenoxy) is 2. The number of unbranched alkanes of at least 4 members (excludes halogenated alkanes) is 1. The molecule has 2 heterocycles. The standard InChI is InChI=1S/C37H34N2O4S/c1-23-11-16-32-34(19-23)44-37(39-32)24-12-14-27(15-13-24)38-36(41)33-21-26(22-35(43-33)42-18-5-4-17-40)29-9-6-10-30-28-8-3-2-7-25(28)20-31(29)30/h2-3,6-16,19,21,26,35,40H,4-5,17-18,20,22H2,1H3,(H,38,41). The third-order valence-electron chi connectivity index (χ3n) is 8.36. The van der Waals surface area contributed by atoms with Crippen LogP contribution >= 0.6 is 11.3 Å². The van der Waals surface area contributed by atoms with Gasteiger partial charge in [-0.2, -0.15) is 0 Å². The Hall–Kier alpha value is -4.30. The molecule has 0 saturated heterocycles. The van der Waals surface area contributed by atoms with Gasteiger partial charge in [0.05, 0.1) is 16.8 Å². The van der Waals surface area contributed by atoms with Crippen LogP contribution in [0.2, 0.25) is 0 Å². The van der Waals surface area contributed by atoms with Gasteiger partial charge >= 0.3 is 0 Å². The van der Waals surface area contributed by atoms with Crippen molar-refractivity contribution in [1.82, 2.24) is 4.98 Å². The first-order valence-corrected chi connectivity index (χ1v) is 16.0. The van der Waals surface area contributed by atoms with Crippen LogP contribution in [0.3, 0.4) is 0 Å². The van der Waals surface area contributed by atoms with Crippen LogP contribution in [-0.2, 0) is 20.7 Å². The maximum Gasteiger partial charge on any atom is 0.290 e. The first kappa shape index (κ1) is 28.5. The van der Waals surface area contributed by atoms with E-state index in [4.69, 9.17) is 14.5 Å². The van der Waals surface area contributed by atoms with Gasteiger partial charge in [0.25, 0.3) is 5.91 Å². The lowest BCUT2D eigenvalue weighted by molar-refractivity contribution is -0.143. The van der Waals surface area contributed by atoms with E-state index in [0.29, 0.717) is 25.1 Å². The first-order chi connectivity index (χ1) is 21.6. The molecule has 7 heteroatoms. The van der Waals surface area contributed by atoms with Crippen LogP contribution in [-0.4, -0.2) is 35.5 Å². The van der Waals surface area contributed by atoms with E-state index in [2.05, 4.69) is 72.9 Å². The summed E-state index contributed by atoms with van der Waals surface area (Å²) in [6.45, 7) is 2.66. The van der Waals surface area contributed by atoms with Crippen molar-refractivity contribution >= 4 is 33.1 Å². The van der Waals surface area contributed by atoms with Gasteiger partial charge in [0.1, 0.15) is 5.01 Å². The second-order valence-electron chi connectivity index (χ2n) is 11.5. The van der Waals surface area contributed by atoms with Crippen molar-refractivity contribution in [3.63, 3.8) is 0 Å². The zero-order chi connectivity index (χ0) is 30.0. The first-order valence-electron chi connectivity index (χ1n) is 15.2. The smallest absolute Gasteiger partial charge is 0.290 e. The number of aromatic nitrogens is 1. The summed E-state index contributed by atoms with van der Waals surface area (Å²) in [5.74, 6) is -0.0912. The van der Waals surface area contributed by atoms with Gasteiger partial charge < -0.3 is 19.9 Å². The van der Waals surface area contributed by atoms with E-state index >= 15 is 0 Å². The monoisotopic (exact) mass is 602 g/mol. The number of rotatable bonds is 9. The molecule has 2 unspecified atom stereocenters. The number of fused-ring (bicyclic) bond motifs is 4. The molecular formula is C37H34N2O4S. The van der Waals surface area contributed by atoms with Crippen molar-refractivity contribution in [2.24, 2.45) is 0 Å². The molecule has 1 aliphatic heterocycles. The number of aliphatic hydroxyl groups is 1. The number of amides is 1. The molecule has 0 bridgehead atoms. The molecule has 5 aromatic rings. The molecule has 0 saturated carbocycles. The average molecular weight is 603 g/mol. The molecule has 1 amide bonds. The molecule has 4 aromatic carbocycles. The molecule has 44 heavy (non-hydrogen) atoms. The van der Waals surface area contributed by atoms with Crippen molar-refractivity contribution in [1.29, 1.82) is 0 Å². The van der Waals surface area contributed by atoms with Gasteiger partial charge in [-0.1, -0.05) is 48.5 Å². The van der Waals surface area contributed by atoms with Gasteiger partial charge in [-0.15, -0.1) is 11.3 Å². The number of aryl methyl sites for hydroxylation is 1. The van der Waals surface area contributed by atoms with E-state index in [1.54, 1.807) is 11.3 Å². The highest BCUT2D eigenvalue weighted by atomic mass is 32.1. The van der Waals surface area contributed by atoms with E-state index in [1.807, 2.05) is 30.3 Å². The highest BCUT2D eigenvalue weighted by molar-refractivity contribution is 7.21. The van der Waals surface area contributed by atoms with Gasteiger partial charge in [-0.3, -0.25) is 4.79 Å². The Labute approximate surface area is 261 Å². The van der Waals surface area contributed by atoms with E-state index in [1.165, 1.54) is 33.4 Å². The maximum absolute atomic E-state index is 13.6. The van der Waals surface area contributed by atoms with Crippen molar-refractivity contribution in [2.45, 2.75) is 44.8 Å². The lowest BCUT2D eigenvalue weighted by atomic mass is 9.87. The van der Waals surface area contributed by atoms with Crippen LogP contribution in [0.25, 0.3) is 31.9 Å². The fraction of sp³-hybridized carbons (Fsp3) is 0.243. The van der Waals surface area contributed by atoms with Crippen molar-refractivity contribution in [3.05, 3.63) is 119 Å². The Kier molecular flexibility index (Phi) is 8.00. The van der Waals surface area contributed by atoms with Crippen LogP contribution in [0, 0.1) is 6.92 Å². The average Bonchev–Trinajstić information content (AvgIpc) is 3.64. The Balaban J connectivity index is 1.12. The number of hydrogen-bond donors (Lipinski definition) is 2. The molecule has 0 fully saturated rings. The molecule has 2 N–H and O–H groups in total.